The third-order valence-corrected chi connectivity index (χ3v) is 5.02. The van der Waals surface area contributed by atoms with Crippen molar-refractivity contribution >= 4 is 16.8 Å². The lowest BCUT2D eigenvalue weighted by atomic mass is 9.92. The number of nitrogens with zero attached hydrogens (tertiary/aromatic N) is 1. The molecular weight excluding hydrogens is 312 g/mol. The van der Waals surface area contributed by atoms with Gasteiger partial charge in [-0.25, -0.2) is 0 Å². The Kier molecular flexibility index (Phi) is 4.06. The van der Waals surface area contributed by atoms with E-state index >= 15 is 0 Å². The number of carbonyl (C=O) groups is 1. The number of nitrogens with one attached hydrogen (secondary N) is 1. The van der Waals surface area contributed by atoms with Crippen molar-refractivity contribution in [1.29, 1.82) is 0 Å². The first-order valence-corrected chi connectivity index (χ1v) is 8.63. The summed E-state index contributed by atoms with van der Waals surface area (Å²) in [5, 5.41) is 1.26. The normalized spacial score (nSPS) is 16.9. The van der Waals surface area contributed by atoms with Crippen molar-refractivity contribution in [2.24, 2.45) is 0 Å². The van der Waals surface area contributed by atoms with Crippen molar-refractivity contribution in [2.45, 2.75) is 19.4 Å². The molecule has 128 valence electrons. The van der Waals surface area contributed by atoms with Gasteiger partial charge in [-0.2, -0.15) is 0 Å². The number of benzene rings is 2. The van der Waals surface area contributed by atoms with Crippen LogP contribution in [0.2, 0.25) is 0 Å². The summed E-state index contributed by atoms with van der Waals surface area (Å²) >= 11 is 0. The number of fused-ring (bicyclic) bond motifs is 3. The van der Waals surface area contributed by atoms with E-state index in [2.05, 4.69) is 54.4 Å². The zero-order chi connectivity index (χ0) is 17.4. The van der Waals surface area contributed by atoms with Gasteiger partial charge in [-0.15, -0.1) is 0 Å². The number of H-pyrrole nitrogens is 1. The van der Waals surface area contributed by atoms with Crippen molar-refractivity contribution in [3.63, 3.8) is 0 Å². The molecule has 0 unspecified atom stereocenters. The molecular formula is C21H22N2O2. The fourth-order valence-corrected chi connectivity index (χ4v) is 3.81. The van der Waals surface area contributed by atoms with E-state index in [0.29, 0.717) is 6.54 Å². The Morgan fingerprint density at radius 1 is 1.20 bits per heavy atom. The van der Waals surface area contributed by atoms with Crippen LogP contribution >= 0.6 is 0 Å². The zero-order valence-corrected chi connectivity index (χ0v) is 14.6. The fraction of sp³-hybridized carbons (Fsp3) is 0.286. The number of aromatic nitrogens is 1. The summed E-state index contributed by atoms with van der Waals surface area (Å²) in [5.41, 5.74) is 5.92. The topological polar surface area (TPSA) is 45.3 Å². The second-order valence-corrected chi connectivity index (χ2v) is 6.65. The van der Waals surface area contributed by atoms with Crippen LogP contribution in [0.15, 0.2) is 48.5 Å². The molecule has 1 aliphatic heterocycles. The molecule has 1 aromatic heterocycles. The average Bonchev–Trinajstić information content (AvgIpc) is 3.00. The van der Waals surface area contributed by atoms with Crippen molar-refractivity contribution in [1.82, 2.24) is 9.88 Å². The second-order valence-electron chi connectivity index (χ2n) is 6.65. The first kappa shape index (κ1) is 15.9. The molecule has 0 bridgehead atoms. The van der Waals surface area contributed by atoms with Gasteiger partial charge in [0, 0.05) is 30.3 Å². The maximum atomic E-state index is 12.7. The van der Waals surface area contributed by atoms with Gasteiger partial charge in [0.2, 0.25) is 5.91 Å². The number of ether oxygens (including phenoxy) is 1. The molecule has 0 aliphatic carbocycles. The smallest absolute Gasteiger partial charge is 0.249 e. The van der Waals surface area contributed by atoms with E-state index in [1.807, 2.05) is 11.0 Å². The van der Waals surface area contributed by atoms with Crippen molar-refractivity contribution in [3.05, 3.63) is 70.9 Å². The molecule has 2 aromatic carbocycles. The Labute approximate surface area is 147 Å². The van der Waals surface area contributed by atoms with Crippen LogP contribution in [-0.2, 0) is 16.0 Å². The molecule has 4 nitrogen and oxygen atoms in total. The molecule has 0 spiro atoms. The Hall–Kier alpha value is -2.59. The third kappa shape index (κ3) is 2.72. The Bertz CT molecular complexity index is 911. The van der Waals surface area contributed by atoms with Gasteiger partial charge in [0.25, 0.3) is 0 Å². The quantitative estimate of drug-likeness (QED) is 0.795. The lowest BCUT2D eigenvalue weighted by Gasteiger charge is -2.36. The molecule has 1 N–H and O–H groups in total. The van der Waals surface area contributed by atoms with Gasteiger partial charge in [-0.05, 0) is 30.5 Å². The Balaban J connectivity index is 1.87. The van der Waals surface area contributed by atoms with Gasteiger partial charge in [0.05, 0.1) is 6.04 Å². The number of para-hydroxylation sites is 1. The van der Waals surface area contributed by atoms with Crippen LogP contribution in [0, 0.1) is 6.92 Å². The van der Waals surface area contributed by atoms with Gasteiger partial charge >= 0.3 is 0 Å². The van der Waals surface area contributed by atoms with Crippen LogP contribution in [0.4, 0.5) is 0 Å². The molecule has 0 saturated heterocycles. The van der Waals surface area contributed by atoms with E-state index in [1.54, 1.807) is 7.11 Å². The SMILES string of the molecule is COCC(=O)N1CCc2c([nH]c3ccccc23)[C@@H]1c1ccc(C)cc1. The Morgan fingerprint density at radius 3 is 2.72 bits per heavy atom. The first-order chi connectivity index (χ1) is 12.2. The minimum Gasteiger partial charge on any atom is -0.375 e. The molecule has 4 heteroatoms. The number of hydrogen-bond donors (Lipinski definition) is 1. The van der Waals surface area contributed by atoms with Crippen LogP contribution in [0.1, 0.15) is 28.4 Å². The van der Waals surface area contributed by atoms with Crippen LogP contribution in [-0.4, -0.2) is 36.1 Å². The number of aryl methyl sites for hydroxylation is 1. The Morgan fingerprint density at radius 2 is 1.96 bits per heavy atom. The first-order valence-electron chi connectivity index (χ1n) is 8.63. The van der Waals surface area contributed by atoms with E-state index in [4.69, 9.17) is 4.74 Å². The van der Waals surface area contributed by atoms with E-state index < -0.39 is 0 Å². The summed E-state index contributed by atoms with van der Waals surface area (Å²) < 4.78 is 5.11. The minimum atomic E-state index is -0.0978. The van der Waals surface area contributed by atoms with Crippen molar-refractivity contribution < 1.29 is 9.53 Å². The van der Waals surface area contributed by atoms with E-state index in [1.165, 1.54) is 16.5 Å². The summed E-state index contributed by atoms with van der Waals surface area (Å²) in [6.45, 7) is 2.89. The van der Waals surface area contributed by atoms with Gasteiger partial charge < -0.3 is 14.6 Å². The van der Waals surface area contributed by atoms with E-state index in [-0.39, 0.29) is 18.6 Å². The molecule has 3 aromatic rings. The predicted octanol–water partition coefficient (Wildman–Crippen LogP) is 3.60. The van der Waals surface area contributed by atoms with Gasteiger partial charge in [0.1, 0.15) is 6.61 Å². The summed E-state index contributed by atoms with van der Waals surface area (Å²) in [4.78, 5) is 18.2. The predicted molar refractivity (Wildman–Crippen MR) is 98.6 cm³/mol. The lowest BCUT2D eigenvalue weighted by Crippen LogP contribution is -2.42. The molecule has 1 atom stereocenters. The summed E-state index contributed by atoms with van der Waals surface area (Å²) in [5.74, 6) is 0.0254. The number of rotatable bonds is 3. The highest BCUT2D eigenvalue weighted by molar-refractivity contribution is 5.86. The zero-order valence-electron chi connectivity index (χ0n) is 14.6. The van der Waals surface area contributed by atoms with Crippen molar-refractivity contribution in [2.75, 3.05) is 20.3 Å². The second kappa shape index (κ2) is 6.37. The van der Waals surface area contributed by atoms with Gasteiger partial charge in [-0.1, -0.05) is 48.0 Å². The summed E-state index contributed by atoms with van der Waals surface area (Å²) in [6, 6.07) is 16.7. The highest BCUT2D eigenvalue weighted by Gasteiger charge is 2.34. The fourth-order valence-electron chi connectivity index (χ4n) is 3.81. The number of carbonyl (C=O) groups excluding carboxylic acids is 1. The molecule has 25 heavy (non-hydrogen) atoms. The standard InChI is InChI=1S/C21H22N2O2/c1-14-7-9-15(10-8-14)21-20-17(11-12-23(21)19(24)13-25-2)16-5-3-4-6-18(16)22-20/h3-10,21-22H,11-13H2,1-2H3/t21-/m0/s1. The van der Waals surface area contributed by atoms with Gasteiger partial charge in [-0.3, -0.25) is 4.79 Å². The van der Waals surface area contributed by atoms with E-state index in [0.717, 1.165) is 23.2 Å². The molecule has 0 radical (unpaired) electrons. The number of aromatic amines is 1. The maximum absolute atomic E-state index is 12.7. The molecule has 1 amide bonds. The highest BCUT2D eigenvalue weighted by atomic mass is 16.5. The number of hydrogen-bond acceptors (Lipinski definition) is 2. The van der Waals surface area contributed by atoms with Gasteiger partial charge in [0.15, 0.2) is 0 Å². The third-order valence-electron chi connectivity index (χ3n) is 5.02. The molecule has 0 saturated carbocycles. The minimum absolute atomic E-state index is 0.0254. The van der Waals surface area contributed by atoms with E-state index in [9.17, 15) is 4.79 Å². The largest absolute Gasteiger partial charge is 0.375 e. The molecule has 2 heterocycles. The number of amides is 1. The number of methoxy groups -OCH3 is 1. The maximum Gasteiger partial charge on any atom is 0.249 e. The molecule has 0 fully saturated rings. The summed E-state index contributed by atoms with van der Waals surface area (Å²) in [6.07, 6.45) is 0.858. The average molecular weight is 334 g/mol. The van der Waals surface area contributed by atoms with Crippen LogP contribution in [0.3, 0.4) is 0 Å². The molecule has 4 rings (SSSR count). The van der Waals surface area contributed by atoms with Crippen molar-refractivity contribution in [3.8, 4) is 0 Å². The summed E-state index contributed by atoms with van der Waals surface area (Å²) in [7, 11) is 1.57. The van der Waals surface area contributed by atoms with Crippen LogP contribution < -0.4 is 0 Å². The molecule has 1 aliphatic rings. The highest BCUT2D eigenvalue weighted by Crippen LogP contribution is 2.38. The van der Waals surface area contributed by atoms with Crippen LogP contribution in [0.25, 0.3) is 10.9 Å². The monoisotopic (exact) mass is 334 g/mol. The van der Waals surface area contributed by atoms with Crippen LogP contribution in [0.5, 0.6) is 0 Å². The lowest BCUT2D eigenvalue weighted by molar-refractivity contribution is -0.137.